The number of benzene rings is 1. The molecule has 0 saturated carbocycles. The van der Waals surface area contributed by atoms with E-state index < -0.39 is 5.82 Å². The van der Waals surface area contributed by atoms with Crippen molar-refractivity contribution in [2.45, 2.75) is 25.6 Å². The molecule has 1 aromatic carbocycles. The number of halogens is 3. The van der Waals surface area contributed by atoms with E-state index >= 15 is 0 Å². The Morgan fingerprint density at radius 3 is 2.60 bits per heavy atom. The topological polar surface area (TPSA) is 35.0 Å². The van der Waals surface area contributed by atoms with E-state index in [-0.39, 0.29) is 17.3 Å². The summed E-state index contributed by atoms with van der Waals surface area (Å²) in [6.07, 6.45) is 0. The van der Waals surface area contributed by atoms with Gasteiger partial charge in [0.05, 0.1) is 11.6 Å². The van der Waals surface area contributed by atoms with Crippen molar-refractivity contribution < 1.29 is 9.13 Å². The van der Waals surface area contributed by atoms with Gasteiger partial charge in [0.2, 0.25) is 0 Å². The Hall–Kier alpha value is -0.620. The lowest BCUT2D eigenvalue weighted by molar-refractivity contribution is 0.186. The third kappa shape index (κ3) is 2.72. The predicted molar refractivity (Wildman–Crippen MR) is 81.4 cm³/mol. The van der Waals surface area contributed by atoms with Gasteiger partial charge in [0.1, 0.15) is 10.7 Å². The number of rotatable bonds is 4. The van der Waals surface area contributed by atoms with Crippen LogP contribution in [0.15, 0.2) is 5.16 Å². The number of hydrogen-bond donors (Lipinski definition) is 0. The van der Waals surface area contributed by atoms with Crippen LogP contribution in [0.3, 0.4) is 0 Å². The van der Waals surface area contributed by atoms with Gasteiger partial charge in [-0.2, -0.15) is 0 Å². The highest BCUT2D eigenvalue weighted by molar-refractivity contribution is 7.99. The van der Waals surface area contributed by atoms with Crippen LogP contribution in [-0.2, 0) is 11.3 Å². The molecule has 7 heteroatoms. The van der Waals surface area contributed by atoms with Crippen molar-refractivity contribution in [1.82, 2.24) is 9.97 Å². The molecule has 0 aliphatic heterocycles. The number of nitrogens with zero attached hydrogens (tertiary/aromatic N) is 2. The molecule has 0 aliphatic carbocycles. The summed E-state index contributed by atoms with van der Waals surface area (Å²) in [5.41, 5.74) is 1.14. The van der Waals surface area contributed by atoms with Gasteiger partial charge in [0, 0.05) is 23.6 Å². The maximum atomic E-state index is 14.4. The molecule has 2 aromatic rings. The molecule has 0 atom stereocenters. The summed E-state index contributed by atoms with van der Waals surface area (Å²) in [6, 6.07) is 0. The van der Waals surface area contributed by atoms with E-state index in [1.54, 1.807) is 6.92 Å². The van der Waals surface area contributed by atoms with Gasteiger partial charge in [0.25, 0.3) is 0 Å². The van der Waals surface area contributed by atoms with Gasteiger partial charge in [-0.15, -0.1) is 0 Å². The summed E-state index contributed by atoms with van der Waals surface area (Å²) in [5.74, 6) is 0.313. The zero-order valence-electron chi connectivity index (χ0n) is 11.3. The average Bonchev–Trinajstić information content (AvgIpc) is 2.41. The lowest BCUT2D eigenvalue weighted by atomic mass is 10.1. The van der Waals surface area contributed by atoms with Gasteiger partial charge in [0.15, 0.2) is 11.0 Å². The van der Waals surface area contributed by atoms with Crippen LogP contribution < -0.4 is 0 Å². The van der Waals surface area contributed by atoms with Crippen molar-refractivity contribution in [1.29, 1.82) is 0 Å². The first-order chi connectivity index (χ1) is 9.51. The van der Waals surface area contributed by atoms with E-state index in [9.17, 15) is 4.39 Å². The van der Waals surface area contributed by atoms with E-state index in [0.717, 1.165) is 5.75 Å². The van der Waals surface area contributed by atoms with Crippen LogP contribution in [0, 0.1) is 12.7 Å². The fourth-order valence-corrected chi connectivity index (χ4v) is 3.06. The van der Waals surface area contributed by atoms with Crippen LogP contribution in [0.2, 0.25) is 10.2 Å². The zero-order chi connectivity index (χ0) is 14.9. The van der Waals surface area contributed by atoms with E-state index in [4.69, 9.17) is 27.9 Å². The molecular formula is C13H13Cl2FN2OS. The number of methoxy groups -OCH3 is 1. The van der Waals surface area contributed by atoms with E-state index in [2.05, 4.69) is 9.97 Å². The standard InChI is InChI=1S/C13H13Cl2FN2OS/c1-4-20-13-17-11-8(12(15)18-13)7(5-19-3)9(14)6(2)10(11)16/h4-5H2,1-3H3. The summed E-state index contributed by atoms with van der Waals surface area (Å²) >= 11 is 13.8. The number of hydrogen-bond acceptors (Lipinski definition) is 4. The van der Waals surface area contributed by atoms with Crippen LogP contribution in [-0.4, -0.2) is 22.8 Å². The molecule has 0 saturated heterocycles. The summed E-state index contributed by atoms with van der Waals surface area (Å²) < 4.78 is 19.5. The number of ether oxygens (including phenoxy) is 1. The Labute approximate surface area is 130 Å². The highest BCUT2D eigenvalue weighted by Gasteiger charge is 2.20. The van der Waals surface area contributed by atoms with Crippen molar-refractivity contribution in [2.24, 2.45) is 0 Å². The minimum Gasteiger partial charge on any atom is -0.380 e. The molecule has 108 valence electrons. The minimum atomic E-state index is -0.466. The summed E-state index contributed by atoms with van der Waals surface area (Å²) in [4.78, 5) is 8.43. The second-order valence-electron chi connectivity index (χ2n) is 4.12. The fourth-order valence-electron chi connectivity index (χ4n) is 1.92. The molecular weight excluding hydrogens is 322 g/mol. The van der Waals surface area contributed by atoms with Gasteiger partial charge in [-0.05, 0) is 12.7 Å². The van der Waals surface area contributed by atoms with E-state index in [0.29, 0.717) is 26.7 Å². The molecule has 0 radical (unpaired) electrons. The van der Waals surface area contributed by atoms with Crippen LogP contribution in [0.25, 0.3) is 10.9 Å². The number of fused-ring (bicyclic) bond motifs is 1. The highest BCUT2D eigenvalue weighted by atomic mass is 35.5. The molecule has 0 bridgehead atoms. The highest BCUT2D eigenvalue weighted by Crippen LogP contribution is 2.36. The smallest absolute Gasteiger partial charge is 0.189 e. The first-order valence-corrected chi connectivity index (χ1v) is 7.70. The largest absolute Gasteiger partial charge is 0.380 e. The third-order valence-corrected chi connectivity index (χ3v) is 4.35. The van der Waals surface area contributed by atoms with E-state index in [1.165, 1.54) is 18.9 Å². The minimum absolute atomic E-state index is 0.190. The summed E-state index contributed by atoms with van der Waals surface area (Å²) in [7, 11) is 1.54. The van der Waals surface area contributed by atoms with Crippen molar-refractivity contribution in [2.75, 3.05) is 12.9 Å². The predicted octanol–water partition coefficient (Wildman–Crippen LogP) is 4.64. The van der Waals surface area contributed by atoms with Gasteiger partial charge >= 0.3 is 0 Å². The molecule has 1 heterocycles. The fraction of sp³-hybridized carbons (Fsp3) is 0.385. The zero-order valence-corrected chi connectivity index (χ0v) is 13.6. The maximum Gasteiger partial charge on any atom is 0.189 e. The van der Waals surface area contributed by atoms with Crippen molar-refractivity contribution in [3.8, 4) is 0 Å². The molecule has 0 amide bonds. The Balaban J connectivity index is 2.85. The van der Waals surface area contributed by atoms with Crippen molar-refractivity contribution in [3.05, 3.63) is 27.1 Å². The Bertz CT molecular complexity index is 667. The Kier molecular flexibility index (Phi) is 5.07. The van der Waals surface area contributed by atoms with Gasteiger partial charge in [-0.25, -0.2) is 14.4 Å². The molecule has 3 nitrogen and oxygen atoms in total. The van der Waals surface area contributed by atoms with Gasteiger partial charge < -0.3 is 4.74 Å². The second-order valence-corrected chi connectivity index (χ2v) is 6.09. The van der Waals surface area contributed by atoms with Crippen molar-refractivity contribution >= 4 is 45.9 Å². The third-order valence-electron chi connectivity index (χ3n) is 2.84. The van der Waals surface area contributed by atoms with Gasteiger partial charge in [-0.3, -0.25) is 0 Å². The molecule has 0 spiro atoms. The summed E-state index contributed by atoms with van der Waals surface area (Å²) in [5, 5.41) is 1.37. The van der Waals surface area contributed by atoms with Crippen LogP contribution in [0.1, 0.15) is 18.1 Å². The SMILES string of the molecule is CCSc1nc(Cl)c2c(COC)c(Cl)c(C)c(F)c2n1. The molecule has 20 heavy (non-hydrogen) atoms. The van der Waals surface area contributed by atoms with Crippen LogP contribution >= 0.6 is 35.0 Å². The van der Waals surface area contributed by atoms with Crippen LogP contribution in [0.4, 0.5) is 4.39 Å². The normalized spacial score (nSPS) is 11.3. The Morgan fingerprint density at radius 1 is 1.30 bits per heavy atom. The number of aromatic nitrogens is 2. The first-order valence-electron chi connectivity index (χ1n) is 5.96. The summed E-state index contributed by atoms with van der Waals surface area (Å²) in [6.45, 7) is 3.80. The first kappa shape index (κ1) is 15.8. The molecule has 0 N–H and O–H groups in total. The number of thioether (sulfide) groups is 1. The molecule has 0 fully saturated rings. The lowest BCUT2D eigenvalue weighted by Crippen LogP contribution is -2.02. The average molecular weight is 335 g/mol. The molecule has 2 rings (SSSR count). The van der Waals surface area contributed by atoms with Crippen LogP contribution in [0.5, 0.6) is 0 Å². The quantitative estimate of drug-likeness (QED) is 0.463. The molecule has 1 aromatic heterocycles. The maximum absolute atomic E-state index is 14.4. The monoisotopic (exact) mass is 334 g/mol. The second kappa shape index (κ2) is 6.43. The molecule has 0 aliphatic rings. The van der Waals surface area contributed by atoms with Gasteiger partial charge in [-0.1, -0.05) is 41.9 Å². The molecule has 0 unspecified atom stereocenters. The Morgan fingerprint density at radius 2 is 2.00 bits per heavy atom. The lowest BCUT2D eigenvalue weighted by Gasteiger charge is -2.13. The van der Waals surface area contributed by atoms with E-state index in [1.807, 2.05) is 6.92 Å². The van der Waals surface area contributed by atoms with Crippen molar-refractivity contribution in [3.63, 3.8) is 0 Å².